The number of carbonyl (C=O) groups is 3. The summed E-state index contributed by atoms with van der Waals surface area (Å²) < 4.78 is 39.0. The van der Waals surface area contributed by atoms with E-state index in [1.807, 2.05) is 23.1 Å². The molecule has 5 rings (SSSR count). The molecule has 2 aromatic rings. The number of benzene rings is 2. The number of halogens is 4. The first-order valence-electron chi connectivity index (χ1n) is 13.6. The van der Waals surface area contributed by atoms with Crippen LogP contribution in [0.1, 0.15) is 56.4 Å². The molecule has 214 valence electrons. The minimum absolute atomic E-state index is 0.0545. The van der Waals surface area contributed by atoms with Gasteiger partial charge in [-0.05, 0) is 67.3 Å². The Morgan fingerprint density at radius 3 is 2.48 bits per heavy atom. The van der Waals surface area contributed by atoms with Crippen molar-refractivity contribution in [3.63, 3.8) is 0 Å². The number of fused-ring (bicyclic) bond motifs is 1. The number of nitrogens with zero attached hydrogens (tertiary/aromatic N) is 1. The number of carbonyl (C=O) groups excluding carboxylic acids is 3. The first-order valence-corrected chi connectivity index (χ1v) is 14.0. The maximum absolute atomic E-state index is 13.6. The van der Waals surface area contributed by atoms with Crippen LogP contribution in [0.25, 0.3) is 0 Å². The van der Waals surface area contributed by atoms with Crippen LogP contribution in [-0.4, -0.2) is 36.5 Å². The Labute approximate surface area is 235 Å². The Kier molecular flexibility index (Phi) is 7.99. The first-order chi connectivity index (χ1) is 19.0. The van der Waals surface area contributed by atoms with E-state index < -0.39 is 54.6 Å². The molecular weight excluding hydrogens is 545 g/mol. The lowest BCUT2D eigenvalue weighted by Crippen LogP contribution is -2.52. The second kappa shape index (κ2) is 11.3. The van der Waals surface area contributed by atoms with Crippen molar-refractivity contribution in [3.05, 3.63) is 53.1 Å². The summed E-state index contributed by atoms with van der Waals surface area (Å²) in [6.07, 6.45) is -2.17. The molecule has 0 bridgehead atoms. The number of primary amides is 1. The summed E-state index contributed by atoms with van der Waals surface area (Å²) in [6, 6.07) is 12.2. The number of amides is 3. The van der Waals surface area contributed by atoms with E-state index in [1.54, 1.807) is 12.1 Å². The number of hydrogen-bond donors (Lipinski definition) is 3. The van der Waals surface area contributed by atoms with Gasteiger partial charge in [0.25, 0.3) is 0 Å². The minimum atomic E-state index is -4.49. The largest absolute Gasteiger partial charge is 0.389 e. The second-order valence-electron chi connectivity index (χ2n) is 11.1. The van der Waals surface area contributed by atoms with Gasteiger partial charge in [0.1, 0.15) is 6.04 Å². The van der Waals surface area contributed by atoms with Crippen LogP contribution in [0.3, 0.4) is 0 Å². The highest BCUT2D eigenvalue weighted by molar-refractivity contribution is 6.34. The predicted octanol–water partition coefficient (Wildman–Crippen LogP) is 5.65. The zero-order valence-corrected chi connectivity index (χ0v) is 22.6. The molecular formula is C29H32ClF3N4O3. The maximum atomic E-state index is 13.6. The van der Waals surface area contributed by atoms with E-state index in [2.05, 4.69) is 22.8 Å². The molecule has 0 saturated heterocycles. The fourth-order valence-corrected chi connectivity index (χ4v) is 5.68. The van der Waals surface area contributed by atoms with Crippen LogP contribution in [0.5, 0.6) is 0 Å². The molecule has 0 spiro atoms. The van der Waals surface area contributed by atoms with Crippen molar-refractivity contribution < 1.29 is 27.6 Å². The van der Waals surface area contributed by atoms with Gasteiger partial charge in [0.05, 0.1) is 22.9 Å². The molecule has 1 heterocycles. The number of nitrogens with two attached hydrogens (primary N) is 1. The van der Waals surface area contributed by atoms with Crippen LogP contribution in [0.4, 0.5) is 30.2 Å². The Balaban J connectivity index is 1.43. The van der Waals surface area contributed by atoms with Crippen molar-refractivity contribution >= 4 is 46.4 Å². The fraction of sp³-hybridized carbons (Fsp3) is 0.483. The third kappa shape index (κ3) is 6.71. The Bertz CT molecular complexity index is 1300. The highest BCUT2D eigenvalue weighted by Crippen LogP contribution is 2.44. The summed E-state index contributed by atoms with van der Waals surface area (Å²) >= 11 is 6.47. The van der Waals surface area contributed by atoms with Crippen LogP contribution in [0.2, 0.25) is 5.02 Å². The zero-order chi connectivity index (χ0) is 28.6. The van der Waals surface area contributed by atoms with Gasteiger partial charge in [-0.2, -0.15) is 13.2 Å². The summed E-state index contributed by atoms with van der Waals surface area (Å²) in [5.74, 6) is -3.85. The van der Waals surface area contributed by atoms with Crippen LogP contribution in [0.15, 0.2) is 42.5 Å². The van der Waals surface area contributed by atoms with Gasteiger partial charge in [0.2, 0.25) is 17.7 Å². The van der Waals surface area contributed by atoms with Gasteiger partial charge >= 0.3 is 6.18 Å². The number of nitrogens with one attached hydrogen (secondary N) is 2. The molecule has 3 amide bonds. The van der Waals surface area contributed by atoms with Crippen LogP contribution in [-0.2, 0) is 14.4 Å². The van der Waals surface area contributed by atoms with E-state index in [9.17, 15) is 27.6 Å². The molecule has 2 aromatic carbocycles. The van der Waals surface area contributed by atoms with Gasteiger partial charge in [-0.3, -0.25) is 14.4 Å². The molecule has 2 fully saturated rings. The SMILES string of the molecule is NC(=O)[C@H](CCC(F)(F)F)[C@H](CC1CC1)C(=O)N[C@H]1CN(c2cccc(C3CC3)c2)c2cccc(Cl)c2NC1=O. The summed E-state index contributed by atoms with van der Waals surface area (Å²) in [7, 11) is 0. The van der Waals surface area contributed by atoms with Crippen molar-refractivity contribution in [2.45, 2.75) is 63.1 Å². The monoisotopic (exact) mass is 576 g/mol. The molecule has 1 aliphatic heterocycles. The smallest absolute Gasteiger partial charge is 0.369 e. The molecule has 7 nitrogen and oxygen atoms in total. The lowest BCUT2D eigenvalue weighted by molar-refractivity contribution is -0.146. The number of hydrogen-bond acceptors (Lipinski definition) is 4. The van der Waals surface area contributed by atoms with E-state index in [1.165, 1.54) is 5.56 Å². The second-order valence-corrected chi connectivity index (χ2v) is 11.5. The highest BCUT2D eigenvalue weighted by Gasteiger charge is 2.41. The van der Waals surface area contributed by atoms with Gasteiger partial charge in [-0.15, -0.1) is 0 Å². The molecule has 3 atom stereocenters. The Hall–Kier alpha value is -3.27. The van der Waals surface area contributed by atoms with Gasteiger partial charge in [0.15, 0.2) is 0 Å². The molecule has 2 saturated carbocycles. The third-order valence-electron chi connectivity index (χ3n) is 7.97. The van der Waals surface area contributed by atoms with E-state index in [0.717, 1.165) is 31.4 Å². The van der Waals surface area contributed by atoms with Gasteiger partial charge < -0.3 is 21.3 Å². The predicted molar refractivity (Wildman–Crippen MR) is 146 cm³/mol. The number of alkyl halides is 3. The summed E-state index contributed by atoms with van der Waals surface area (Å²) in [5.41, 5.74) is 8.57. The van der Waals surface area contributed by atoms with Gasteiger partial charge in [-0.1, -0.05) is 42.6 Å². The van der Waals surface area contributed by atoms with E-state index in [0.29, 0.717) is 22.3 Å². The van der Waals surface area contributed by atoms with Crippen molar-refractivity contribution in [2.75, 3.05) is 16.8 Å². The molecule has 2 aliphatic carbocycles. The first kappa shape index (κ1) is 28.3. The standard InChI is InChI=1S/C29H32ClF3N4O3/c30-22-5-2-6-24-25(22)36-28(40)23(15-37(24)19-4-1-3-18(14-19)17-9-10-17)35-27(39)21(13-16-7-8-16)20(26(34)38)11-12-29(31,32)33/h1-6,14,16-17,20-21,23H,7-13,15H2,(H2,34,38)(H,35,39)(H,36,40)/t20-,21+,23+/m1/s1. The molecule has 0 aromatic heterocycles. The van der Waals surface area contributed by atoms with Gasteiger partial charge in [-0.25, -0.2) is 0 Å². The topological polar surface area (TPSA) is 105 Å². The number of anilines is 3. The van der Waals surface area contributed by atoms with Crippen LogP contribution in [0, 0.1) is 17.8 Å². The third-order valence-corrected chi connectivity index (χ3v) is 8.29. The molecule has 0 unspecified atom stereocenters. The Morgan fingerprint density at radius 2 is 1.82 bits per heavy atom. The lowest BCUT2D eigenvalue weighted by atomic mass is 9.83. The Morgan fingerprint density at radius 1 is 1.10 bits per heavy atom. The van der Waals surface area contributed by atoms with Crippen molar-refractivity contribution in [2.24, 2.45) is 23.5 Å². The molecule has 0 radical (unpaired) electrons. The average Bonchev–Trinajstić information content (AvgIpc) is 3.80. The average molecular weight is 577 g/mol. The maximum Gasteiger partial charge on any atom is 0.389 e. The molecule has 11 heteroatoms. The lowest BCUT2D eigenvalue weighted by Gasteiger charge is -2.29. The number of para-hydroxylation sites is 1. The highest BCUT2D eigenvalue weighted by atomic mass is 35.5. The molecule has 40 heavy (non-hydrogen) atoms. The molecule has 3 aliphatic rings. The molecule has 4 N–H and O–H groups in total. The summed E-state index contributed by atoms with van der Waals surface area (Å²) in [4.78, 5) is 41.2. The zero-order valence-electron chi connectivity index (χ0n) is 21.8. The van der Waals surface area contributed by atoms with E-state index in [-0.39, 0.29) is 18.9 Å². The normalized spacial score (nSPS) is 20.6. The van der Waals surface area contributed by atoms with Crippen molar-refractivity contribution in [1.82, 2.24) is 5.32 Å². The fourth-order valence-electron chi connectivity index (χ4n) is 5.46. The quantitative estimate of drug-likeness (QED) is 0.340. The van der Waals surface area contributed by atoms with E-state index in [4.69, 9.17) is 17.3 Å². The summed E-state index contributed by atoms with van der Waals surface area (Å²) in [6.45, 7) is 0.0545. The van der Waals surface area contributed by atoms with Crippen molar-refractivity contribution in [1.29, 1.82) is 0 Å². The van der Waals surface area contributed by atoms with Crippen molar-refractivity contribution in [3.8, 4) is 0 Å². The van der Waals surface area contributed by atoms with E-state index >= 15 is 0 Å². The van der Waals surface area contributed by atoms with Gasteiger partial charge in [0, 0.05) is 23.9 Å². The summed E-state index contributed by atoms with van der Waals surface area (Å²) in [5, 5.41) is 5.90. The van der Waals surface area contributed by atoms with Crippen LogP contribution >= 0.6 is 11.6 Å². The van der Waals surface area contributed by atoms with Crippen LogP contribution < -0.4 is 21.3 Å². The number of rotatable bonds is 10. The minimum Gasteiger partial charge on any atom is -0.369 e.